The molecule has 1 aliphatic carbocycles. The number of fused-ring (bicyclic) bond motifs is 1. The van der Waals surface area contributed by atoms with Crippen LogP contribution in [0.2, 0.25) is 0 Å². The lowest BCUT2D eigenvalue weighted by Crippen LogP contribution is -2.42. The topological polar surface area (TPSA) is 128 Å². The number of anilines is 1. The predicted octanol–water partition coefficient (Wildman–Crippen LogP) is 3.96. The molecule has 1 aliphatic rings. The number of rotatable bonds is 8. The number of hydrogen-bond donors (Lipinski definition) is 3. The third-order valence-corrected chi connectivity index (χ3v) is 7.91. The highest BCUT2D eigenvalue weighted by Crippen LogP contribution is 2.45. The molecule has 2 unspecified atom stereocenters. The Labute approximate surface area is 231 Å². The minimum atomic E-state index is -0.990. The Morgan fingerprint density at radius 3 is 2.23 bits per heavy atom. The molecule has 0 saturated heterocycles. The molecule has 204 valence electrons. The first-order valence-corrected chi connectivity index (χ1v) is 13.3. The van der Waals surface area contributed by atoms with E-state index in [1.807, 2.05) is 65.2 Å². The van der Waals surface area contributed by atoms with Gasteiger partial charge in [0.2, 0.25) is 5.95 Å². The number of nitrogens with one attached hydrogen (secondary N) is 1. The molecular weight excluding hydrogens is 506 g/mol. The number of aliphatic hydroxyl groups excluding tert-OH is 1. The third kappa shape index (κ3) is 4.33. The summed E-state index contributed by atoms with van der Waals surface area (Å²) < 4.78 is 14.5. The average Bonchev–Trinajstić information content (AvgIpc) is 3.59. The summed E-state index contributed by atoms with van der Waals surface area (Å²) in [5, 5.41) is 10.8. The first kappa shape index (κ1) is 25.8. The Hall–Kier alpha value is -4.47. The summed E-state index contributed by atoms with van der Waals surface area (Å²) in [5.41, 5.74) is 7.20. The van der Waals surface area contributed by atoms with Crippen molar-refractivity contribution in [3.63, 3.8) is 0 Å². The van der Waals surface area contributed by atoms with Crippen molar-refractivity contribution in [2.75, 3.05) is 19.5 Å². The molecule has 2 aromatic heterocycles. The van der Waals surface area contributed by atoms with Gasteiger partial charge in [-0.15, -0.1) is 0 Å². The molecule has 9 nitrogen and oxygen atoms in total. The molecule has 40 heavy (non-hydrogen) atoms. The maximum absolute atomic E-state index is 12.6. The quantitative estimate of drug-likeness (QED) is 0.256. The summed E-state index contributed by atoms with van der Waals surface area (Å²) in [6.45, 7) is 0.208. The largest absolute Gasteiger partial charge is 0.497 e. The highest BCUT2D eigenvalue weighted by atomic mass is 16.5. The molecule has 0 bridgehead atoms. The predicted molar refractivity (Wildman–Crippen MR) is 152 cm³/mol. The van der Waals surface area contributed by atoms with Crippen molar-refractivity contribution in [2.45, 2.75) is 36.5 Å². The number of imidazole rings is 1. The number of aliphatic hydroxyl groups is 1. The van der Waals surface area contributed by atoms with Crippen molar-refractivity contribution in [3.05, 3.63) is 118 Å². The summed E-state index contributed by atoms with van der Waals surface area (Å²) in [6.07, 6.45) is 2.66. The summed E-state index contributed by atoms with van der Waals surface area (Å²) in [4.78, 5) is 23.9. The van der Waals surface area contributed by atoms with Crippen LogP contribution in [-0.2, 0) is 15.9 Å². The SMILES string of the molecule is COc1ccc(C(OCC2(n3cnc4c(=O)[nH]c(N)nc43)CCC(O)C2)(c2ccccc2)c2ccccc2)cc1. The van der Waals surface area contributed by atoms with Gasteiger partial charge in [0.1, 0.15) is 11.4 Å². The van der Waals surface area contributed by atoms with Crippen LogP contribution in [0.3, 0.4) is 0 Å². The maximum atomic E-state index is 12.6. The van der Waals surface area contributed by atoms with Gasteiger partial charge < -0.3 is 24.9 Å². The van der Waals surface area contributed by atoms with E-state index >= 15 is 0 Å². The molecule has 9 heteroatoms. The lowest BCUT2D eigenvalue weighted by atomic mass is 9.79. The summed E-state index contributed by atoms with van der Waals surface area (Å²) >= 11 is 0. The van der Waals surface area contributed by atoms with E-state index in [0.29, 0.717) is 24.9 Å². The van der Waals surface area contributed by atoms with Gasteiger partial charge in [-0.05, 0) is 48.1 Å². The molecule has 0 amide bonds. The molecule has 3 aromatic carbocycles. The van der Waals surface area contributed by atoms with Gasteiger partial charge in [0.05, 0.1) is 31.7 Å². The molecule has 0 radical (unpaired) electrons. The van der Waals surface area contributed by atoms with Crippen molar-refractivity contribution in [1.29, 1.82) is 0 Å². The Bertz CT molecular complexity index is 1630. The van der Waals surface area contributed by atoms with E-state index < -0.39 is 22.8 Å². The van der Waals surface area contributed by atoms with E-state index in [1.54, 1.807) is 13.4 Å². The fourth-order valence-corrected chi connectivity index (χ4v) is 5.94. The third-order valence-electron chi connectivity index (χ3n) is 7.91. The second kappa shape index (κ2) is 10.3. The zero-order chi connectivity index (χ0) is 27.7. The molecule has 0 spiro atoms. The van der Waals surface area contributed by atoms with Crippen LogP contribution in [-0.4, -0.2) is 44.4 Å². The van der Waals surface area contributed by atoms with Gasteiger partial charge in [-0.2, -0.15) is 4.98 Å². The Kier molecular flexibility index (Phi) is 6.61. The van der Waals surface area contributed by atoms with Crippen LogP contribution in [0.4, 0.5) is 5.95 Å². The smallest absolute Gasteiger partial charge is 0.280 e. The fraction of sp³-hybridized carbons (Fsp3) is 0.258. The number of nitrogen functional groups attached to an aromatic ring is 1. The minimum absolute atomic E-state index is 0.00927. The maximum Gasteiger partial charge on any atom is 0.280 e. The van der Waals surface area contributed by atoms with E-state index in [1.165, 1.54) is 0 Å². The van der Waals surface area contributed by atoms with E-state index in [4.69, 9.17) is 15.2 Å². The molecule has 2 heterocycles. The number of aromatic amines is 1. The second-order valence-electron chi connectivity index (χ2n) is 10.3. The summed E-state index contributed by atoms with van der Waals surface area (Å²) in [7, 11) is 1.64. The van der Waals surface area contributed by atoms with Gasteiger partial charge in [-0.1, -0.05) is 72.8 Å². The van der Waals surface area contributed by atoms with Crippen molar-refractivity contribution in [3.8, 4) is 5.75 Å². The molecule has 6 rings (SSSR count). The molecular formula is C31H31N5O4. The van der Waals surface area contributed by atoms with Crippen molar-refractivity contribution >= 4 is 17.1 Å². The normalized spacial score (nSPS) is 19.2. The van der Waals surface area contributed by atoms with E-state index in [-0.39, 0.29) is 18.1 Å². The van der Waals surface area contributed by atoms with Crippen molar-refractivity contribution in [2.24, 2.45) is 0 Å². The van der Waals surface area contributed by atoms with Crippen LogP contribution in [0, 0.1) is 0 Å². The summed E-state index contributed by atoms with van der Waals surface area (Å²) in [6, 6.07) is 28.1. The Balaban J connectivity index is 1.53. The lowest BCUT2D eigenvalue weighted by Gasteiger charge is -2.40. The van der Waals surface area contributed by atoms with Gasteiger partial charge >= 0.3 is 0 Å². The second-order valence-corrected chi connectivity index (χ2v) is 10.3. The number of ether oxygens (including phenoxy) is 2. The van der Waals surface area contributed by atoms with Gasteiger partial charge in [0, 0.05) is 0 Å². The van der Waals surface area contributed by atoms with E-state index in [0.717, 1.165) is 22.4 Å². The van der Waals surface area contributed by atoms with Crippen LogP contribution in [0.5, 0.6) is 5.75 Å². The number of methoxy groups -OCH3 is 1. The van der Waals surface area contributed by atoms with Gasteiger partial charge in [-0.25, -0.2) is 4.98 Å². The highest BCUT2D eigenvalue weighted by Gasteiger charge is 2.46. The fourth-order valence-electron chi connectivity index (χ4n) is 5.94. The number of aromatic nitrogens is 4. The van der Waals surface area contributed by atoms with Crippen LogP contribution >= 0.6 is 0 Å². The Morgan fingerprint density at radius 2 is 1.65 bits per heavy atom. The number of H-pyrrole nitrogens is 1. The van der Waals surface area contributed by atoms with E-state index in [2.05, 4.69) is 39.2 Å². The van der Waals surface area contributed by atoms with Crippen LogP contribution < -0.4 is 16.0 Å². The highest BCUT2D eigenvalue weighted by molar-refractivity contribution is 5.71. The van der Waals surface area contributed by atoms with Crippen LogP contribution in [0.15, 0.2) is 96.1 Å². The van der Waals surface area contributed by atoms with E-state index in [9.17, 15) is 9.90 Å². The standard InChI is InChI=1S/C31H31N5O4/c1-39-25-14-12-23(13-15-25)31(21-8-4-2-5-9-21,22-10-6-3-7-11-22)40-19-30(17-16-24(37)18-30)36-20-33-26-27(36)34-29(32)35-28(26)38/h2-15,20,24,37H,16-19H2,1H3,(H3,32,34,35,38). The van der Waals surface area contributed by atoms with Gasteiger partial charge in [0.15, 0.2) is 11.2 Å². The molecule has 4 N–H and O–H groups in total. The first-order valence-electron chi connectivity index (χ1n) is 13.3. The van der Waals surface area contributed by atoms with Gasteiger partial charge in [-0.3, -0.25) is 9.78 Å². The monoisotopic (exact) mass is 537 g/mol. The van der Waals surface area contributed by atoms with Crippen molar-refractivity contribution < 1.29 is 14.6 Å². The molecule has 1 fully saturated rings. The molecule has 1 saturated carbocycles. The zero-order valence-electron chi connectivity index (χ0n) is 22.2. The molecule has 5 aromatic rings. The number of hydrogen-bond acceptors (Lipinski definition) is 7. The van der Waals surface area contributed by atoms with Crippen molar-refractivity contribution in [1.82, 2.24) is 19.5 Å². The Morgan fingerprint density at radius 1 is 1.02 bits per heavy atom. The number of benzene rings is 3. The number of nitrogens with zero attached hydrogens (tertiary/aromatic N) is 3. The number of nitrogens with two attached hydrogens (primary N) is 1. The minimum Gasteiger partial charge on any atom is -0.497 e. The summed E-state index contributed by atoms with van der Waals surface area (Å²) in [5.74, 6) is 0.753. The first-order chi connectivity index (χ1) is 19.4. The van der Waals surface area contributed by atoms with Gasteiger partial charge in [0.25, 0.3) is 5.56 Å². The molecule has 2 atom stereocenters. The lowest BCUT2D eigenvalue weighted by molar-refractivity contribution is -0.0372. The average molecular weight is 538 g/mol. The van der Waals surface area contributed by atoms with Crippen LogP contribution in [0.25, 0.3) is 11.2 Å². The zero-order valence-corrected chi connectivity index (χ0v) is 22.2. The van der Waals surface area contributed by atoms with Crippen LogP contribution in [0.1, 0.15) is 36.0 Å². The molecule has 0 aliphatic heterocycles.